The first kappa shape index (κ1) is 16.0. The lowest BCUT2D eigenvalue weighted by molar-refractivity contribution is -0.122. The largest absolute Gasteiger partial charge is 0.480 e. The van der Waals surface area contributed by atoms with Gasteiger partial charge in [-0.2, -0.15) is 0 Å². The molecule has 1 aliphatic carbocycles. The van der Waals surface area contributed by atoms with E-state index in [4.69, 9.17) is 4.74 Å². The number of hydrogen-bond acceptors (Lipinski definition) is 2. The number of rotatable bonds is 4. The molecule has 1 N–H and O–H groups in total. The predicted molar refractivity (Wildman–Crippen MR) is 91.3 cm³/mol. The second-order valence-corrected chi connectivity index (χ2v) is 6.52. The van der Waals surface area contributed by atoms with Crippen LogP contribution in [0.4, 0.5) is 10.1 Å². The van der Waals surface area contributed by atoms with Gasteiger partial charge in [-0.3, -0.25) is 4.79 Å². The first-order valence-electron chi connectivity index (χ1n) is 7.57. The Morgan fingerprint density at radius 3 is 2.78 bits per heavy atom. The summed E-state index contributed by atoms with van der Waals surface area (Å²) in [5.41, 5.74) is 3.45. The second-order valence-electron chi connectivity index (χ2n) is 5.66. The number of fused-ring (bicyclic) bond motifs is 1. The molecule has 1 amide bonds. The summed E-state index contributed by atoms with van der Waals surface area (Å²) < 4.78 is 19.2. The summed E-state index contributed by atoms with van der Waals surface area (Å²) in [6.07, 6.45) is 2.66. The van der Waals surface area contributed by atoms with E-state index in [1.807, 2.05) is 12.1 Å². The molecule has 0 unspecified atom stereocenters. The number of amides is 1. The van der Waals surface area contributed by atoms with Gasteiger partial charge in [-0.15, -0.1) is 0 Å². The molecule has 0 saturated carbocycles. The van der Waals surface area contributed by atoms with Gasteiger partial charge in [-0.05, 0) is 83.6 Å². The maximum atomic E-state index is 13.1. The van der Waals surface area contributed by atoms with Crippen molar-refractivity contribution < 1.29 is 13.9 Å². The van der Waals surface area contributed by atoms with Crippen LogP contribution in [0.25, 0.3) is 0 Å². The van der Waals surface area contributed by atoms with Crippen LogP contribution in [0.1, 0.15) is 24.5 Å². The molecule has 0 aromatic heterocycles. The zero-order valence-electron chi connectivity index (χ0n) is 12.7. The third-order valence-corrected chi connectivity index (χ3v) is 4.55. The smallest absolute Gasteiger partial charge is 0.265 e. The van der Waals surface area contributed by atoms with Gasteiger partial charge in [-0.25, -0.2) is 4.39 Å². The van der Waals surface area contributed by atoms with E-state index in [0.29, 0.717) is 10.2 Å². The number of hydrogen-bond donors (Lipinski definition) is 1. The molecule has 1 aliphatic rings. The van der Waals surface area contributed by atoms with E-state index >= 15 is 0 Å². The molecule has 3 rings (SSSR count). The van der Waals surface area contributed by atoms with Crippen LogP contribution in [0.3, 0.4) is 0 Å². The lowest BCUT2D eigenvalue weighted by atomic mass is 10.1. The molecule has 23 heavy (non-hydrogen) atoms. The summed E-state index contributed by atoms with van der Waals surface area (Å²) in [5.74, 6) is -0.165. The fourth-order valence-electron chi connectivity index (χ4n) is 2.71. The normalized spacial score (nSPS) is 14.2. The average Bonchev–Trinajstić information content (AvgIpc) is 2.97. The van der Waals surface area contributed by atoms with Crippen LogP contribution in [-0.4, -0.2) is 12.0 Å². The van der Waals surface area contributed by atoms with Crippen molar-refractivity contribution in [3.63, 3.8) is 0 Å². The van der Waals surface area contributed by atoms with Crippen molar-refractivity contribution in [1.29, 1.82) is 0 Å². The molecule has 2 aromatic carbocycles. The van der Waals surface area contributed by atoms with Crippen molar-refractivity contribution in [2.24, 2.45) is 0 Å². The van der Waals surface area contributed by atoms with Crippen molar-refractivity contribution in [3.05, 3.63) is 57.8 Å². The summed E-state index contributed by atoms with van der Waals surface area (Å²) in [4.78, 5) is 12.3. The maximum Gasteiger partial charge on any atom is 0.265 e. The Hall–Kier alpha value is -1.88. The van der Waals surface area contributed by atoms with Gasteiger partial charge in [-0.1, -0.05) is 6.07 Å². The first-order chi connectivity index (χ1) is 11.0. The second kappa shape index (κ2) is 6.71. The lowest BCUT2D eigenvalue weighted by Gasteiger charge is -2.16. The fraction of sp³-hybridized carbons (Fsp3) is 0.278. The lowest BCUT2D eigenvalue weighted by Crippen LogP contribution is -2.30. The maximum absolute atomic E-state index is 13.1. The third kappa shape index (κ3) is 3.72. The summed E-state index contributed by atoms with van der Waals surface area (Å²) >= 11 is 3.23. The van der Waals surface area contributed by atoms with Gasteiger partial charge in [0.1, 0.15) is 11.6 Å². The monoisotopic (exact) mass is 377 g/mol. The molecule has 0 saturated heterocycles. The molecule has 0 radical (unpaired) electrons. The molecule has 0 heterocycles. The summed E-state index contributed by atoms with van der Waals surface area (Å²) in [6.45, 7) is 1.67. The van der Waals surface area contributed by atoms with Crippen molar-refractivity contribution in [3.8, 4) is 5.75 Å². The minimum Gasteiger partial charge on any atom is -0.480 e. The van der Waals surface area contributed by atoms with Gasteiger partial charge < -0.3 is 10.1 Å². The van der Waals surface area contributed by atoms with Crippen LogP contribution in [-0.2, 0) is 17.6 Å². The van der Waals surface area contributed by atoms with Gasteiger partial charge in [0.05, 0.1) is 4.47 Å². The number of anilines is 1. The predicted octanol–water partition coefficient (Wildman–Crippen LogP) is 4.48. The summed E-state index contributed by atoms with van der Waals surface area (Å²) in [7, 11) is 0. The topological polar surface area (TPSA) is 38.3 Å². The number of nitrogens with one attached hydrogen (secondary N) is 1. The average molecular weight is 378 g/mol. The molecule has 0 bridgehead atoms. The molecule has 0 aliphatic heterocycles. The van der Waals surface area contributed by atoms with Crippen LogP contribution in [0.15, 0.2) is 40.9 Å². The quantitative estimate of drug-likeness (QED) is 0.852. The Labute approximate surface area is 143 Å². The Morgan fingerprint density at radius 2 is 2.00 bits per heavy atom. The number of aryl methyl sites for hydroxylation is 2. The van der Waals surface area contributed by atoms with E-state index in [9.17, 15) is 9.18 Å². The molecular weight excluding hydrogens is 361 g/mol. The SMILES string of the molecule is C[C@H](Oc1ccc(F)cc1Br)C(=O)Nc1ccc2c(c1)CCC2. The van der Waals surface area contributed by atoms with E-state index in [0.717, 1.165) is 18.5 Å². The zero-order valence-corrected chi connectivity index (χ0v) is 14.3. The molecule has 0 fully saturated rings. The number of benzene rings is 2. The van der Waals surface area contributed by atoms with E-state index in [-0.39, 0.29) is 11.7 Å². The molecule has 0 spiro atoms. The van der Waals surface area contributed by atoms with E-state index < -0.39 is 6.10 Å². The number of carbonyl (C=O) groups excluding carboxylic acids is 1. The number of ether oxygens (including phenoxy) is 1. The first-order valence-corrected chi connectivity index (χ1v) is 8.36. The molecule has 120 valence electrons. The zero-order chi connectivity index (χ0) is 16.4. The van der Waals surface area contributed by atoms with Gasteiger partial charge in [0.15, 0.2) is 6.10 Å². The Bertz CT molecular complexity index is 748. The van der Waals surface area contributed by atoms with E-state index in [1.54, 1.807) is 6.92 Å². The van der Waals surface area contributed by atoms with Crippen molar-refractivity contribution >= 4 is 27.5 Å². The van der Waals surface area contributed by atoms with Crippen LogP contribution in [0.2, 0.25) is 0 Å². The molecular formula is C18H17BrFNO2. The highest BCUT2D eigenvalue weighted by atomic mass is 79.9. The summed E-state index contributed by atoms with van der Waals surface area (Å²) in [6, 6.07) is 10.1. The fourth-order valence-corrected chi connectivity index (χ4v) is 3.15. The van der Waals surface area contributed by atoms with Gasteiger partial charge in [0, 0.05) is 5.69 Å². The number of halogens is 2. The van der Waals surface area contributed by atoms with Crippen molar-refractivity contribution in [1.82, 2.24) is 0 Å². The standard InChI is InChI=1S/C18H17BrFNO2/c1-11(23-17-8-6-14(20)10-16(17)19)18(22)21-15-7-5-12-3-2-4-13(12)9-15/h5-11H,2-4H2,1H3,(H,21,22)/t11-/m0/s1. The molecule has 1 atom stereocenters. The van der Waals surface area contributed by atoms with Crippen molar-refractivity contribution in [2.75, 3.05) is 5.32 Å². The van der Waals surface area contributed by atoms with Gasteiger partial charge in [0.25, 0.3) is 5.91 Å². The molecule has 3 nitrogen and oxygen atoms in total. The van der Waals surface area contributed by atoms with Crippen LogP contribution < -0.4 is 10.1 Å². The summed E-state index contributed by atoms with van der Waals surface area (Å²) in [5, 5.41) is 2.87. The van der Waals surface area contributed by atoms with Crippen LogP contribution in [0.5, 0.6) is 5.75 Å². The van der Waals surface area contributed by atoms with Gasteiger partial charge in [0.2, 0.25) is 0 Å². The van der Waals surface area contributed by atoms with E-state index in [1.165, 1.54) is 35.7 Å². The Morgan fingerprint density at radius 1 is 1.22 bits per heavy atom. The Kier molecular flexibility index (Phi) is 4.66. The minimum absolute atomic E-state index is 0.237. The molecule has 5 heteroatoms. The number of carbonyl (C=O) groups is 1. The van der Waals surface area contributed by atoms with Gasteiger partial charge >= 0.3 is 0 Å². The van der Waals surface area contributed by atoms with Crippen LogP contribution in [0, 0.1) is 5.82 Å². The van der Waals surface area contributed by atoms with E-state index in [2.05, 4.69) is 27.3 Å². The highest BCUT2D eigenvalue weighted by Gasteiger charge is 2.18. The van der Waals surface area contributed by atoms with Crippen LogP contribution >= 0.6 is 15.9 Å². The highest BCUT2D eigenvalue weighted by Crippen LogP contribution is 2.27. The minimum atomic E-state index is -0.690. The molecule has 2 aromatic rings. The van der Waals surface area contributed by atoms with Crippen molar-refractivity contribution in [2.45, 2.75) is 32.3 Å². The highest BCUT2D eigenvalue weighted by molar-refractivity contribution is 9.10. The third-order valence-electron chi connectivity index (χ3n) is 3.93. The Balaban J connectivity index is 1.65.